The minimum absolute atomic E-state index is 0.733. The molecule has 3 N–H and O–H groups in total. The van der Waals surface area contributed by atoms with E-state index in [9.17, 15) is 0 Å². The molecule has 0 fully saturated rings. The molecule has 6 heterocycles. The van der Waals surface area contributed by atoms with Gasteiger partial charge in [-0.1, -0.05) is 19.9 Å². The standard InChI is InChI=1S/C27H25N9/c1-4-5-16(2)31-19-10-18(12-28-13-19)21-6-7-22-25(32-21)26(35-34-22)23-11-20-24(8-9-29-27(20)33-23)36-14-17(3)30-15-36/h6-15,31H,2,4-5H2,1,3H3,(H,29,33)(H,34,35). The predicted octanol–water partition coefficient (Wildman–Crippen LogP) is 5.78. The van der Waals surface area contributed by atoms with Crippen molar-refractivity contribution in [3.05, 3.63) is 79.4 Å². The van der Waals surface area contributed by atoms with E-state index in [2.05, 4.69) is 55.0 Å². The van der Waals surface area contributed by atoms with Crippen molar-refractivity contribution in [3.8, 4) is 28.3 Å². The molecule has 36 heavy (non-hydrogen) atoms. The van der Waals surface area contributed by atoms with Crippen molar-refractivity contribution in [1.29, 1.82) is 0 Å². The second-order valence-corrected chi connectivity index (χ2v) is 8.80. The molecule has 0 amide bonds. The molecule has 0 saturated heterocycles. The Hall–Kier alpha value is -4.79. The first-order chi connectivity index (χ1) is 17.6. The maximum absolute atomic E-state index is 4.95. The number of aromatic nitrogens is 8. The molecule has 0 radical (unpaired) electrons. The Bertz CT molecular complexity index is 1720. The molecule has 0 aliphatic heterocycles. The Labute approximate surface area is 207 Å². The van der Waals surface area contributed by atoms with Gasteiger partial charge in [0.2, 0.25) is 0 Å². The first-order valence-electron chi connectivity index (χ1n) is 11.8. The maximum atomic E-state index is 4.95. The molecule has 0 unspecified atom stereocenters. The van der Waals surface area contributed by atoms with Gasteiger partial charge in [0.05, 0.1) is 46.5 Å². The number of anilines is 1. The molecule has 6 aromatic rings. The molecule has 0 aliphatic carbocycles. The number of rotatable bonds is 7. The van der Waals surface area contributed by atoms with Gasteiger partial charge in [0, 0.05) is 35.2 Å². The van der Waals surface area contributed by atoms with Gasteiger partial charge in [-0.05, 0) is 43.7 Å². The van der Waals surface area contributed by atoms with Gasteiger partial charge in [-0.15, -0.1) is 0 Å². The van der Waals surface area contributed by atoms with Crippen LogP contribution in [0.5, 0.6) is 0 Å². The minimum Gasteiger partial charge on any atom is -0.358 e. The van der Waals surface area contributed by atoms with Crippen LogP contribution in [0.15, 0.2) is 73.7 Å². The molecular formula is C27H25N9. The van der Waals surface area contributed by atoms with Crippen molar-refractivity contribution in [2.45, 2.75) is 26.7 Å². The monoisotopic (exact) mass is 475 g/mol. The number of hydrogen-bond donors (Lipinski definition) is 3. The molecule has 6 aromatic heterocycles. The highest BCUT2D eigenvalue weighted by atomic mass is 15.1. The quantitative estimate of drug-likeness (QED) is 0.270. The lowest BCUT2D eigenvalue weighted by Crippen LogP contribution is -1.98. The predicted molar refractivity (Wildman–Crippen MR) is 142 cm³/mol. The van der Waals surface area contributed by atoms with Gasteiger partial charge < -0.3 is 14.9 Å². The van der Waals surface area contributed by atoms with E-state index in [0.29, 0.717) is 0 Å². The first-order valence-corrected chi connectivity index (χ1v) is 11.8. The lowest BCUT2D eigenvalue weighted by atomic mass is 10.1. The maximum Gasteiger partial charge on any atom is 0.139 e. The fourth-order valence-electron chi connectivity index (χ4n) is 4.38. The van der Waals surface area contributed by atoms with Crippen LogP contribution in [-0.4, -0.2) is 39.7 Å². The summed E-state index contributed by atoms with van der Waals surface area (Å²) in [6.07, 6.45) is 11.1. The van der Waals surface area contributed by atoms with Crippen molar-refractivity contribution >= 4 is 27.8 Å². The zero-order chi connectivity index (χ0) is 24.6. The highest BCUT2D eigenvalue weighted by Gasteiger charge is 2.16. The van der Waals surface area contributed by atoms with Gasteiger partial charge >= 0.3 is 0 Å². The van der Waals surface area contributed by atoms with Crippen LogP contribution >= 0.6 is 0 Å². The van der Waals surface area contributed by atoms with Crippen molar-refractivity contribution in [2.24, 2.45) is 0 Å². The zero-order valence-corrected chi connectivity index (χ0v) is 20.1. The number of H-pyrrole nitrogens is 2. The summed E-state index contributed by atoms with van der Waals surface area (Å²) < 4.78 is 2.00. The highest BCUT2D eigenvalue weighted by Crippen LogP contribution is 2.31. The SMILES string of the molecule is C=C(CCC)Nc1cncc(-c2ccc3[nH]nc(-c4cc5c(-n6cnc(C)c6)ccnc5[nH]4)c3n2)c1. The van der Waals surface area contributed by atoms with E-state index < -0.39 is 0 Å². The Morgan fingerprint density at radius 2 is 2.06 bits per heavy atom. The summed E-state index contributed by atoms with van der Waals surface area (Å²) in [6.45, 7) is 8.19. The van der Waals surface area contributed by atoms with Gasteiger partial charge in [0.25, 0.3) is 0 Å². The van der Waals surface area contributed by atoms with E-state index in [0.717, 1.165) is 80.3 Å². The van der Waals surface area contributed by atoms with Crippen molar-refractivity contribution in [2.75, 3.05) is 5.32 Å². The summed E-state index contributed by atoms with van der Waals surface area (Å²) in [6, 6.07) is 10.0. The zero-order valence-electron chi connectivity index (χ0n) is 20.1. The van der Waals surface area contributed by atoms with Crippen LogP contribution in [0.1, 0.15) is 25.5 Å². The van der Waals surface area contributed by atoms with Crippen LogP contribution in [0.3, 0.4) is 0 Å². The summed E-state index contributed by atoms with van der Waals surface area (Å²) >= 11 is 0. The van der Waals surface area contributed by atoms with Crippen LogP contribution in [0.2, 0.25) is 0 Å². The summed E-state index contributed by atoms with van der Waals surface area (Å²) in [4.78, 5) is 21.6. The number of nitrogens with one attached hydrogen (secondary N) is 3. The largest absolute Gasteiger partial charge is 0.358 e. The Morgan fingerprint density at radius 1 is 1.14 bits per heavy atom. The van der Waals surface area contributed by atoms with Gasteiger partial charge in [-0.2, -0.15) is 5.10 Å². The number of imidazole rings is 1. The molecular weight excluding hydrogens is 450 g/mol. The van der Waals surface area contributed by atoms with Crippen LogP contribution in [0.4, 0.5) is 5.69 Å². The molecule has 6 rings (SSSR count). The third-order valence-electron chi connectivity index (χ3n) is 6.07. The van der Waals surface area contributed by atoms with Crippen molar-refractivity contribution in [1.82, 2.24) is 39.7 Å². The summed E-state index contributed by atoms with van der Waals surface area (Å²) in [5.74, 6) is 0. The normalized spacial score (nSPS) is 11.4. The van der Waals surface area contributed by atoms with E-state index in [4.69, 9.17) is 4.98 Å². The molecule has 0 spiro atoms. The lowest BCUT2D eigenvalue weighted by Gasteiger charge is -2.09. The molecule has 0 atom stereocenters. The third kappa shape index (κ3) is 3.90. The number of aromatic amines is 2. The van der Waals surface area contributed by atoms with E-state index in [1.165, 1.54) is 0 Å². The summed E-state index contributed by atoms with van der Waals surface area (Å²) in [7, 11) is 0. The smallest absolute Gasteiger partial charge is 0.139 e. The van der Waals surface area contributed by atoms with Crippen LogP contribution in [-0.2, 0) is 0 Å². The van der Waals surface area contributed by atoms with E-state index in [1.807, 2.05) is 54.5 Å². The summed E-state index contributed by atoms with van der Waals surface area (Å²) in [5.41, 5.74) is 9.50. The lowest BCUT2D eigenvalue weighted by molar-refractivity contribution is 0.913. The van der Waals surface area contributed by atoms with Crippen LogP contribution in [0.25, 0.3) is 50.4 Å². The molecule has 0 saturated carbocycles. The van der Waals surface area contributed by atoms with Gasteiger partial charge in [-0.3, -0.25) is 10.1 Å². The second-order valence-electron chi connectivity index (χ2n) is 8.80. The number of allylic oxidation sites excluding steroid dienone is 1. The fourth-order valence-corrected chi connectivity index (χ4v) is 4.38. The second kappa shape index (κ2) is 8.77. The van der Waals surface area contributed by atoms with E-state index in [-0.39, 0.29) is 0 Å². The fraction of sp³-hybridized carbons (Fsp3) is 0.148. The molecule has 0 aromatic carbocycles. The molecule has 9 heteroatoms. The number of fused-ring (bicyclic) bond motifs is 2. The Balaban J connectivity index is 1.40. The Kier molecular flexibility index (Phi) is 5.29. The van der Waals surface area contributed by atoms with Gasteiger partial charge in [0.1, 0.15) is 16.9 Å². The van der Waals surface area contributed by atoms with E-state index >= 15 is 0 Å². The van der Waals surface area contributed by atoms with Crippen molar-refractivity contribution < 1.29 is 0 Å². The Morgan fingerprint density at radius 3 is 2.89 bits per heavy atom. The molecule has 0 aliphatic rings. The first kappa shape index (κ1) is 21.7. The topological polar surface area (TPSA) is 113 Å². The number of pyridine rings is 3. The van der Waals surface area contributed by atoms with E-state index in [1.54, 1.807) is 12.4 Å². The number of hydrogen-bond acceptors (Lipinski definition) is 6. The average molecular weight is 476 g/mol. The van der Waals surface area contributed by atoms with Crippen molar-refractivity contribution in [3.63, 3.8) is 0 Å². The third-order valence-corrected chi connectivity index (χ3v) is 6.07. The minimum atomic E-state index is 0.733. The molecule has 0 bridgehead atoms. The van der Waals surface area contributed by atoms with Gasteiger partial charge in [0.15, 0.2) is 0 Å². The molecule has 9 nitrogen and oxygen atoms in total. The molecule has 178 valence electrons. The average Bonchev–Trinajstić information content (AvgIpc) is 3.61. The highest BCUT2D eigenvalue weighted by molar-refractivity contribution is 5.95. The number of nitrogens with zero attached hydrogens (tertiary/aromatic N) is 6. The van der Waals surface area contributed by atoms with Crippen LogP contribution in [0, 0.1) is 6.92 Å². The summed E-state index contributed by atoms with van der Waals surface area (Å²) in [5, 5.41) is 12.0. The van der Waals surface area contributed by atoms with Crippen LogP contribution < -0.4 is 5.32 Å². The van der Waals surface area contributed by atoms with Gasteiger partial charge in [-0.25, -0.2) is 15.0 Å². The number of aryl methyl sites for hydroxylation is 1.